The van der Waals surface area contributed by atoms with Crippen LogP contribution in [0.4, 0.5) is 27.8 Å². The van der Waals surface area contributed by atoms with Gasteiger partial charge in [0.15, 0.2) is 0 Å². The minimum absolute atomic E-state index is 0.256. The third kappa shape index (κ3) is 3.58. The summed E-state index contributed by atoms with van der Waals surface area (Å²) in [6, 6.07) is 0.679. The highest BCUT2D eigenvalue weighted by atomic mass is 35.5. The molecule has 0 fully saturated rings. The first-order valence-electron chi connectivity index (χ1n) is 4.13. The summed E-state index contributed by atoms with van der Waals surface area (Å²) >= 11 is 5.34. The smallest absolute Gasteiger partial charge is 0.388 e. The van der Waals surface area contributed by atoms with Crippen LogP contribution < -0.4 is 10.5 Å². The average molecular weight is 277 g/mol. The summed E-state index contributed by atoms with van der Waals surface area (Å²) in [6.07, 6.45) is -7.95. The first-order valence-corrected chi connectivity index (χ1v) is 4.67. The zero-order chi connectivity index (χ0) is 13.2. The van der Waals surface area contributed by atoms with Crippen LogP contribution >= 0.6 is 11.6 Å². The van der Waals surface area contributed by atoms with Crippen LogP contribution in [0, 0.1) is 0 Å². The van der Waals surface area contributed by atoms with Crippen molar-refractivity contribution < 1.29 is 26.7 Å². The number of alkyl halides is 6. The number of ether oxygens (including phenoxy) is 1. The van der Waals surface area contributed by atoms with Gasteiger partial charge in [-0.1, -0.05) is 0 Å². The van der Waals surface area contributed by atoms with Crippen LogP contribution in [0.3, 0.4) is 0 Å². The Hall–Kier alpha value is -1.31. The lowest BCUT2D eigenvalue weighted by Crippen LogP contribution is -2.19. The Bertz CT molecular complexity index is 410. The highest BCUT2D eigenvalue weighted by Gasteiger charge is 2.32. The standard InChI is InChI=1S/C8H6ClF5N2O/c9-2-3-1-4(17-8(12,13)14)16-7(15)5(3)6(10)11/h1,6H,2H2,(H2,15,16). The molecule has 0 atom stereocenters. The predicted octanol–water partition coefficient (Wildman–Crippen LogP) is 3.24. The van der Waals surface area contributed by atoms with Gasteiger partial charge in [-0.25, -0.2) is 8.78 Å². The van der Waals surface area contributed by atoms with Gasteiger partial charge >= 0.3 is 6.36 Å². The minimum Gasteiger partial charge on any atom is -0.388 e. The molecule has 96 valence electrons. The topological polar surface area (TPSA) is 48.1 Å². The van der Waals surface area contributed by atoms with Gasteiger partial charge in [-0.3, -0.25) is 0 Å². The molecule has 0 bridgehead atoms. The molecule has 0 spiro atoms. The molecule has 0 radical (unpaired) electrons. The van der Waals surface area contributed by atoms with Crippen LogP contribution in [-0.2, 0) is 5.88 Å². The fourth-order valence-corrected chi connectivity index (χ4v) is 1.36. The van der Waals surface area contributed by atoms with E-state index in [1.807, 2.05) is 0 Å². The molecule has 1 heterocycles. The average Bonchev–Trinajstić information content (AvgIpc) is 2.12. The first kappa shape index (κ1) is 13.8. The third-order valence-electron chi connectivity index (χ3n) is 1.73. The van der Waals surface area contributed by atoms with E-state index in [0.717, 1.165) is 0 Å². The number of rotatable bonds is 3. The number of hydrogen-bond donors (Lipinski definition) is 1. The molecule has 17 heavy (non-hydrogen) atoms. The van der Waals surface area contributed by atoms with Crippen molar-refractivity contribution in [2.24, 2.45) is 0 Å². The fourth-order valence-electron chi connectivity index (χ4n) is 1.14. The molecule has 0 unspecified atom stereocenters. The summed E-state index contributed by atoms with van der Waals surface area (Å²) in [7, 11) is 0. The summed E-state index contributed by atoms with van der Waals surface area (Å²) in [5.74, 6) is -2.09. The van der Waals surface area contributed by atoms with Gasteiger partial charge < -0.3 is 10.5 Å². The van der Waals surface area contributed by atoms with E-state index in [2.05, 4.69) is 9.72 Å². The van der Waals surface area contributed by atoms with Crippen LogP contribution in [0.5, 0.6) is 5.88 Å². The number of halogens is 6. The van der Waals surface area contributed by atoms with E-state index in [1.165, 1.54) is 0 Å². The van der Waals surface area contributed by atoms with E-state index in [9.17, 15) is 22.0 Å². The van der Waals surface area contributed by atoms with E-state index in [-0.39, 0.29) is 5.56 Å². The normalized spacial score (nSPS) is 11.9. The van der Waals surface area contributed by atoms with Gasteiger partial charge in [0.25, 0.3) is 6.43 Å². The highest BCUT2D eigenvalue weighted by Crippen LogP contribution is 2.32. The first-order chi connectivity index (χ1) is 7.74. The lowest BCUT2D eigenvalue weighted by molar-refractivity contribution is -0.276. The van der Waals surface area contributed by atoms with Gasteiger partial charge in [0.05, 0.1) is 5.56 Å². The van der Waals surface area contributed by atoms with Crippen molar-refractivity contribution in [2.75, 3.05) is 5.73 Å². The molecule has 0 amide bonds. The van der Waals surface area contributed by atoms with Crippen molar-refractivity contribution in [3.8, 4) is 5.88 Å². The number of nitrogens with two attached hydrogens (primary N) is 1. The summed E-state index contributed by atoms with van der Waals surface area (Å²) in [6.45, 7) is 0. The maximum Gasteiger partial charge on any atom is 0.574 e. The molecule has 0 aliphatic rings. The molecule has 0 aliphatic carbocycles. The zero-order valence-corrected chi connectivity index (χ0v) is 8.82. The van der Waals surface area contributed by atoms with Crippen molar-refractivity contribution in [1.29, 1.82) is 0 Å². The molecule has 0 aliphatic heterocycles. The number of hydrogen-bond acceptors (Lipinski definition) is 3. The van der Waals surface area contributed by atoms with Gasteiger partial charge in [0.2, 0.25) is 5.88 Å². The van der Waals surface area contributed by atoms with Crippen LogP contribution in [-0.4, -0.2) is 11.3 Å². The minimum atomic E-state index is -4.98. The van der Waals surface area contributed by atoms with Gasteiger partial charge in [0.1, 0.15) is 5.82 Å². The summed E-state index contributed by atoms with van der Waals surface area (Å²) in [4.78, 5) is 3.09. The fraction of sp³-hybridized carbons (Fsp3) is 0.375. The van der Waals surface area contributed by atoms with Gasteiger partial charge in [0, 0.05) is 11.9 Å². The number of nitrogens with zero attached hydrogens (tertiary/aromatic N) is 1. The van der Waals surface area contributed by atoms with E-state index in [0.29, 0.717) is 6.07 Å². The Balaban J connectivity index is 3.18. The van der Waals surface area contributed by atoms with Gasteiger partial charge in [-0.15, -0.1) is 24.8 Å². The second-order valence-electron chi connectivity index (χ2n) is 2.90. The van der Waals surface area contributed by atoms with Crippen molar-refractivity contribution in [3.63, 3.8) is 0 Å². The van der Waals surface area contributed by atoms with Crippen LogP contribution in [0.1, 0.15) is 17.6 Å². The number of nitrogen functional groups attached to an aromatic ring is 1. The third-order valence-corrected chi connectivity index (χ3v) is 2.02. The molecule has 0 aromatic carbocycles. The Labute approximate surface area is 97.3 Å². The molecule has 0 saturated heterocycles. The van der Waals surface area contributed by atoms with Crippen molar-refractivity contribution in [3.05, 3.63) is 17.2 Å². The Morgan fingerprint density at radius 2 is 2.00 bits per heavy atom. The van der Waals surface area contributed by atoms with E-state index >= 15 is 0 Å². The summed E-state index contributed by atoms with van der Waals surface area (Å²) in [5, 5.41) is 0. The molecule has 2 N–H and O–H groups in total. The SMILES string of the molecule is Nc1nc(OC(F)(F)F)cc(CCl)c1C(F)F. The van der Waals surface area contributed by atoms with E-state index < -0.39 is 35.9 Å². The van der Waals surface area contributed by atoms with E-state index in [4.69, 9.17) is 17.3 Å². The van der Waals surface area contributed by atoms with Gasteiger partial charge in [-0.2, -0.15) is 4.98 Å². The Morgan fingerprint density at radius 3 is 2.41 bits per heavy atom. The van der Waals surface area contributed by atoms with Crippen LogP contribution in [0.25, 0.3) is 0 Å². The number of anilines is 1. The highest BCUT2D eigenvalue weighted by molar-refractivity contribution is 6.17. The lowest BCUT2D eigenvalue weighted by Gasteiger charge is -2.13. The van der Waals surface area contributed by atoms with E-state index in [1.54, 1.807) is 0 Å². The molecular formula is C8H6ClF5N2O. The molecule has 1 aromatic rings. The summed E-state index contributed by atoms with van der Waals surface area (Å²) in [5.41, 5.74) is 4.18. The van der Waals surface area contributed by atoms with Crippen LogP contribution in [0.15, 0.2) is 6.07 Å². The predicted molar refractivity (Wildman–Crippen MR) is 49.8 cm³/mol. The number of pyridine rings is 1. The monoisotopic (exact) mass is 276 g/mol. The Morgan fingerprint density at radius 1 is 1.41 bits per heavy atom. The molecule has 0 saturated carbocycles. The maximum atomic E-state index is 12.5. The van der Waals surface area contributed by atoms with Crippen molar-refractivity contribution in [1.82, 2.24) is 4.98 Å². The molecule has 9 heteroatoms. The van der Waals surface area contributed by atoms with Gasteiger partial charge in [-0.05, 0) is 5.56 Å². The Kier molecular flexibility index (Phi) is 3.97. The largest absolute Gasteiger partial charge is 0.574 e. The van der Waals surface area contributed by atoms with Crippen molar-refractivity contribution >= 4 is 17.4 Å². The maximum absolute atomic E-state index is 12.5. The molecule has 3 nitrogen and oxygen atoms in total. The second-order valence-corrected chi connectivity index (χ2v) is 3.17. The second kappa shape index (κ2) is 4.91. The van der Waals surface area contributed by atoms with Crippen molar-refractivity contribution in [2.45, 2.75) is 18.7 Å². The molecular weight excluding hydrogens is 271 g/mol. The zero-order valence-electron chi connectivity index (χ0n) is 8.06. The van der Waals surface area contributed by atoms with Crippen LogP contribution in [0.2, 0.25) is 0 Å². The lowest BCUT2D eigenvalue weighted by atomic mass is 10.1. The molecule has 1 rings (SSSR count). The quantitative estimate of drug-likeness (QED) is 0.681. The summed E-state index contributed by atoms with van der Waals surface area (Å²) < 4.78 is 64.1. The molecule has 1 aromatic heterocycles. The number of aromatic nitrogens is 1.